The summed E-state index contributed by atoms with van der Waals surface area (Å²) in [6.45, 7) is 7.86. The number of ether oxygens (including phenoxy) is 2. The minimum atomic E-state index is -0.406. The fraction of sp³-hybridized carbons (Fsp3) is 0.355. The predicted octanol–water partition coefficient (Wildman–Crippen LogP) is 7.00. The molecule has 0 N–H and O–H groups in total. The van der Waals surface area contributed by atoms with Crippen molar-refractivity contribution in [2.24, 2.45) is 0 Å². The van der Waals surface area contributed by atoms with Crippen molar-refractivity contribution in [3.05, 3.63) is 82.6 Å². The highest BCUT2D eigenvalue weighted by molar-refractivity contribution is 6.03. The molecule has 2 heterocycles. The van der Waals surface area contributed by atoms with Crippen LogP contribution in [0.3, 0.4) is 0 Å². The minimum Gasteiger partial charge on any atom is -0.456 e. The van der Waals surface area contributed by atoms with E-state index in [1.807, 2.05) is 12.1 Å². The van der Waals surface area contributed by atoms with Crippen LogP contribution in [-0.4, -0.2) is 41.9 Å². The molecular formula is C31H35N2O3+. The molecule has 0 fully saturated rings. The van der Waals surface area contributed by atoms with Crippen molar-refractivity contribution in [2.75, 3.05) is 20.6 Å². The maximum Gasteiger partial charge on any atom is 0.414 e. The Balaban J connectivity index is 1.49. The van der Waals surface area contributed by atoms with Crippen LogP contribution in [-0.2, 0) is 5.41 Å². The van der Waals surface area contributed by atoms with Gasteiger partial charge in [-0.25, -0.2) is 4.79 Å². The molecule has 0 radical (unpaired) electrons. The molecule has 5 heteroatoms. The van der Waals surface area contributed by atoms with Gasteiger partial charge in [0.15, 0.2) is 5.71 Å². The summed E-state index contributed by atoms with van der Waals surface area (Å²) in [6, 6.07) is 14.3. The second-order valence-corrected chi connectivity index (χ2v) is 10.5. The first kappa shape index (κ1) is 24.1. The molecule has 0 atom stereocenters. The number of allylic oxidation sites excluding steroid dienone is 4. The molecule has 2 aliphatic heterocycles. The summed E-state index contributed by atoms with van der Waals surface area (Å²) in [4.78, 5) is 13.4. The fourth-order valence-electron chi connectivity index (χ4n) is 5.39. The van der Waals surface area contributed by atoms with Gasteiger partial charge >= 0.3 is 6.09 Å². The van der Waals surface area contributed by atoms with Gasteiger partial charge in [0.05, 0.1) is 5.41 Å². The average Bonchev–Trinajstić information content (AvgIpc) is 3.07. The lowest BCUT2D eigenvalue weighted by Crippen LogP contribution is -2.28. The van der Waals surface area contributed by atoms with E-state index in [2.05, 4.69) is 67.8 Å². The molecule has 0 saturated carbocycles. The topological polar surface area (TPSA) is 41.8 Å². The van der Waals surface area contributed by atoms with E-state index in [1.54, 1.807) is 20.2 Å². The van der Waals surface area contributed by atoms with E-state index < -0.39 is 6.09 Å². The van der Waals surface area contributed by atoms with E-state index in [1.165, 1.54) is 33.0 Å². The van der Waals surface area contributed by atoms with Crippen LogP contribution in [0.5, 0.6) is 11.5 Å². The van der Waals surface area contributed by atoms with Crippen LogP contribution < -0.4 is 9.47 Å². The van der Waals surface area contributed by atoms with Gasteiger partial charge < -0.3 is 14.4 Å². The summed E-state index contributed by atoms with van der Waals surface area (Å²) in [7, 11) is 3.34. The Morgan fingerprint density at radius 2 is 1.94 bits per heavy atom. The lowest BCUT2D eigenvalue weighted by Gasteiger charge is -2.27. The number of fused-ring (bicyclic) bond motifs is 3. The van der Waals surface area contributed by atoms with Crippen molar-refractivity contribution >= 4 is 23.6 Å². The fourth-order valence-corrected chi connectivity index (χ4v) is 5.39. The summed E-state index contributed by atoms with van der Waals surface area (Å²) >= 11 is 0. The van der Waals surface area contributed by atoms with Gasteiger partial charge in [-0.15, -0.1) is 0 Å². The molecule has 0 saturated heterocycles. The van der Waals surface area contributed by atoms with Gasteiger partial charge in [-0.3, -0.25) is 0 Å². The molecule has 2 aromatic rings. The Bertz CT molecular complexity index is 1340. The second-order valence-electron chi connectivity index (χ2n) is 10.5. The Labute approximate surface area is 214 Å². The molecule has 0 spiro atoms. The van der Waals surface area contributed by atoms with Crippen molar-refractivity contribution in [2.45, 2.75) is 51.9 Å². The second kappa shape index (κ2) is 9.45. The first-order valence-electron chi connectivity index (χ1n) is 12.9. The third kappa shape index (κ3) is 4.27. The van der Waals surface area contributed by atoms with Crippen molar-refractivity contribution in [3.8, 4) is 11.5 Å². The van der Waals surface area contributed by atoms with Gasteiger partial charge in [0.25, 0.3) is 0 Å². The first-order chi connectivity index (χ1) is 17.3. The number of benzene rings is 2. The molecule has 1 amide bonds. The van der Waals surface area contributed by atoms with Gasteiger partial charge in [0.1, 0.15) is 23.8 Å². The smallest absolute Gasteiger partial charge is 0.414 e. The molecule has 5 nitrogen and oxygen atoms in total. The SMILES string of the molecule is CCC[N+]1=C(/C=C/C2=C3Oc4cc(OC(=O)N(C)C)ccc4C=C3CCC2)C(C)(C)c2ccccc21. The number of carbonyl (C=O) groups excluding carboxylic acids is 1. The number of hydrogen-bond donors (Lipinski definition) is 0. The Kier molecular flexibility index (Phi) is 6.33. The lowest BCUT2D eigenvalue weighted by atomic mass is 9.81. The predicted molar refractivity (Wildman–Crippen MR) is 144 cm³/mol. The normalized spacial score (nSPS) is 17.9. The van der Waals surface area contributed by atoms with Crippen molar-refractivity contribution in [3.63, 3.8) is 0 Å². The maximum absolute atomic E-state index is 12.0. The largest absolute Gasteiger partial charge is 0.456 e. The highest BCUT2D eigenvalue weighted by Gasteiger charge is 2.43. The third-order valence-corrected chi connectivity index (χ3v) is 7.26. The van der Waals surface area contributed by atoms with Crippen molar-refractivity contribution < 1.29 is 18.8 Å². The van der Waals surface area contributed by atoms with Crippen LogP contribution in [0.2, 0.25) is 0 Å². The Hall–Kier alpha value is -3.60. The third-order valence-electron chi connectivity index (χ3n) is 7.26. The zero-order valence-electron chi connectivity index (χ0n) is 21.9. The standard InChI is InChI=1S/C31H35N2O3/c1-6-18-33-26-13-8-7-12-25(26)31(2,3)28(33)17-15-21-10-9-11-23-19-22-14-16-24(35-30(34)32(4)5)20-27(22)36-29(21)23/h7-8,12-17,19-20H,6,9-11,18H2,1-5H3/q+1/b17-15+. The maximum atomic E-state index is 12.0. The van der Waals surface area contributed by atoms with Crippen LogP contribution >= 0.6 is 0 Å². The van der Waals surface area contributed by atoms with Crippen LogP contribution in [0.25, 0.3) is 6.08 Å². The summed E-state index contributed by atoms with van der Waals surface area (Å²) in [5.74, 6) is 2.14. The molecule has 36 heavy (non-hydrogen) atoms. The van der Waals surface area contributed by atoms with Crippen molar-refractivity contribution in [1.29, 1.82) is 0 Å². The van der Waals surface area contributed by atoms with Crippen LogP contribution in [0, 0.1) is 0 Å². The lowest BCUT2D eigenvalue weighted by molar-refractivity contribution is -0.437. The first-order valence-corrected chi connectivity index (χ1v) is 12.9. The number of hydrogen-bond acceptors (Lipinski definition) is 3. The number of nitrogens with zero attached hydrogens (tertiary/aromatic N) is 2. The summed E-state index contributed by atoms with van der Waals surface area (Å²) < 4.78 is 14.4. The molecule has 2 aromatic carbocycles. The van der Waals surface area contributed by atoms with Gasteiger partial charge in [-0.1, -0.05) is 25.1 Å². The molecule has 0 aromatic heterocycles. The number of amides is 1. The van der Waals surface area contributed by atoms with Gasteiger partial charge in [-0.05, 0) is 68.5 Å². The molecular weight excluding hydrogens is 448 g/mol. The molecule has 5 rings (SSSR count). The molecule has 186 valence electrons. The number of rotatable bonds is 5. The van der Waals surface area contributed by atoms with E-state index in [-0.39, 0.29) is 5.41 Å². The van der Waals surface area contributed by atoms with Crippen molar-refractivity contribution in [1.82, 2.24) is 4.90 Å². The van der Waals surface area contributed by atoms with E-state index >= 15 is 0 Å². The van der Waals surface area contributed by atoms with E-state index in [0.717, 1.165) is 49.3 Å². The molecule has 0 bridgehead atoms. The van der Waals surface area contributed by atoms with Gasteiger partial charge in [0, 0.05) is 49.9 Å². The molecule has 1 aliphatic carbocycles. The van der Waals surface area contributed by atoms with E-state index in [0.29, 0.717) is 5.75 Å². The summed E-state index contributed by atoms with van der Waals surface area (Å²) in [6.07, 6.45) is 10.5. The van der Waals surface area contributed by atoms with Gasteiger partial charge in [-0.2, -0.15) is 4.58 Å². The Morgan fingerprint density at radius 1 is 1.14 bits per heavy atom. The monoisotopic (exact) mass is 483 g/mol. The highest BCUT2D eigenvalue weighted by atomic mass is 16.6. The zero-order valence-corrected chi connectivity index (χ0v) is 21.9. The molecule has 3 aliphatic rings. The average molecular weight is 484 g/mol. The molecule has 0 unspecified atom stereocenters. The zero-order chi connectivity index (χ0) is 25.4. The van der Waals surface area contributed by atoms with E-state index in [4.69, 9.17) is 9.47 Å². The summed E-state index contributed by atoms with van der Waals surface area (Å²) in [5.41, 5.74) is 7.41. The minimum absolute atomic E-state index is 0.0634. The summed E-state index contributed by atoms with van der Waals surface area (Å²) in [5, 5.41) is 0. The highest BCUT2D eigenvalue weighted by Crippen LogP contribution is 2.42. The van der Waals surface area contributed by atoms with Crippen LogP contribution in [0.1, 0.15) is 57.6 Å². The van der Waals surface area contributed by atoms with E-state index in [9.17, 15) is 4.79 Å². The Morgan fingerprint density at radius 3 is 2.72 bits per heavy atom. The quantitative estimate of drug-likeness (QED) is 0.430. The van der Waals surface area contributed by atoms with Crippen LogP contribution in [0.4, 0.5) is 10.5 Å². The van der Waals surface area contributed by atoms with Gasteiger partial charge in [0.2, 0.25) is 5.69 Å². The van der Waals surface area contributed by atoms with Crippen LogP contribution in [0.15, 0.2) is 71.5 Å². The number of para-hydroxylation sites is 1. The number of carbonyl (C=O) groups is 1.